The predicted octanol–water partition coefficient (Wildman–Crippen LogP) is 4.11. The lowest BCUT2D eigenvalue weighted by Gasteiger charge is -2.29. The number of hydrogen-bond donors (Lipinski definition) is 1. The van der Waals surface area contributed by atoms with Crippen LogP contribution in [0.2, 0.25) is 0 Å². The number of amides is 2. The van der Waals surface area contributed by atoms with Gasteiger partial charge in [0.1, 0.15) is 6.04 Å². The molecule has 1 unspecified atom stereocenters. The van der Waals surface area contributed by atoms with Crippen molar-refractivity contribution in [3.8, 4) is 0 Å². The van der Waals surface area contributed by atoms with Gasteiger partial charge in [-0.25, -0.2) is 8.42 Å². The molecule has 0 radical (unpaired) electrons. The van der Waals surface area contributed by atoms with Gasteiger partial charge in [-0.3, -0.25) is 13.9 Å². The molecular formula is C28H33N3O4S. The standard InChI is InChI=1S/C28H33N3O4S/c1-3-18-29-28(33)21(2)30(20-17-22-10-5-4-6-11-22)26(32)16-9-19-31-24-14-7-12-23-13-8-15-25(27(23)24)36(31,34)35/h4-8,10-15,21H,3,9,16-20H2,1-2H3,(H,29,33). The van der Waals surface area contributed by atoms with Gasteiger partial charge in [-0.15, -0.1) is 0 Å². The van der Waals surface area contributed by atoms with Gasteiger partial charge < -0.3 is 10.2 Å². The Kier molecular flexibility index (Phi) is 7.94. The van der Waals surface area contributed by atoms with E-state index in [4.69, 9.17) is 0 Å². The summed E-state index contributed by atoms with van der Waals surface area (Å²) >= 11 is 0. The number of carbonyl (C=O) groups is 2. The number of rotatable bonds is 11. The second-order valence-electron chi connectivity index (χ2n) is 9.10. The van der Waals surface area contributed by atoms with E-state index in [9.17, 15) is 18.0 Å². The fourth-order valence-electron chi connectivity index (χ4n) is 4.68. The largest absolute Gasteiger partial charge is 0.354 e. The number of nitrogens with zero attached hydrogens (tertiary/aromatic N) is 2. The molecule has 0 saturated heterocycles. The van der Waals surface area contributed by atoms with E-state index < -0.39 is 16.1 Å². The van der Waals surface area contributed by atoms with Crippen LogP contribution in [-0.4, -0.2) is 50.8 Å². The van der Waals surface area contributed by atoms with Gasteiger partial charge in [0, 0.05) is 31.4 Å². The van der Waals surface area contributed by atoms with Crippen molar-refractivity contribution >= 4 is 38.3 Å². The number of anilines is 1. The normalized spacial score (nSPS) is 14.6. The van der Waals surface area contributed by atoms with E-state index >= 15 is 0 Å². The fraction of sp³-hybridized carbons (Fsp3) is 0.357. The average Bonchev–Trinajstić information content (AvgIpc) is 3.11. The quantitative estimate of drug-likeness (QED) is 0.423. The molecule has 3 aromatic rings. The molecular weight excluding hydrogens is 474 g/mol. The number of benzene rings is 3. The maximum atomic E-state index is 13.3. The zero-order valence-electron chi connectivity index (χ0n) is 20.8. The number of carbonyl (C=O) groups excluding carboxylic acids is 2. The second kappa shape index (κ2) is 11.1. The van der Waals surface area contributed by atoms with E-state index in [0.717, 1.165) is 22.8 Å². The summed E-state index contributed by atoms with van der Waals surface area (Å²) < 4.78 is 27.8. The molecule has 0 bridgehead atoms. The average molecular weight is 508 g/mol. The first-order valence-electron chi connectivity index (χ1n) is 12.5. The Balaban J connectivity index is 1.45. The summed E-state index contributed by atoms with van der Waals surface area (Å²) in [5.41, 5.74) is 1.74. The molecule has 0 spiro atoms. The summed E-state index contributed by atoms with van der Waals surface area (Å²) in [5.74, 6) is -0.333. The lowest BCUT2D eigenvalue weighted by atomic mass is 10.1. The number of sulfonamides is 1. The molecule has 0 aromatic heterocycles. The first-order chi connectivity index (χ1) is 17.3. The molecule has 2 amide bonds. The molecule has 1 aliphatic heterocycles. The highest BCUT2D eigenvalue weighted by atomic mass is 32.2. The molecule has 0 fully saturated rings. The molecule has 1 atom stereocenters. The van der Waals surface area contributed by atoms with Gasteiger partial charge in [-0.05, 0) is 49.3 Å². The molecule has 4 rings (SSSR count). The molecule has 0 saturated carbocycles. The van der Waals surface area contributed by atoms with Crippen LogP contribution in [0.25, 0.3) is 10.8 Å². The van der Waals surface area contributed by atoms with Crippen molar-refractivity contribution in [1.82, 2.24) is 10.2 Å². The summed E-state index contributed by atoms with van der Waals surface area (Å²) in [6, 6.07) is 20.1. The Morgan fingerprint density at radius 2 is 1.72 bits per heavy atom. The van der Waals surface area contributed by atoms with E-state index in [2.05, 4.69) is 5.32 Å². The maximum Gasteiger partial charge on any atom is 0.265 e. The van der Waals surface area contributed by atoms with Crippen molar-refractivity contribution in [3.63, 3.8) is 0 Å². The van der Waals surface area contributed by atoms with Gasteiger partial charge in [0.2, 0.25) is 11.8 Å². The Hall–Kier alpha value is -3.39. The molecule has 7 nitrogen and oxygen atoms in total. The van der Waals surface area contributed by atoms with Crippen LogP contribution in [0.1, 0.15) is 38.7 Å². The van der Waals surface area contributed by atoms with E-state index in [0.29, 0.717) is 36.5 Å². The van der Waals surface area contributed by atoms with E-state index in [-0.39, 0.29) is 24.8 Å². The van der Waals surface area contributed by atoms with Crippen LogP contribution in [0, 0.1) is 0 Å². The summed E-state index contributed by atoms with van der Waals surface area (Å²) in [7, 11) is -3.66. The van der Waals surface area contributed by atoms with E-state index in [1.54, 1.807) is 24.0 Å². The second-order valence-corrected chi connectivity index (χ2v) is 10.9. The maximum absolute atomic E-state index is 13.3. The SMILES string of the molecule is CCCNC(=O)C(C)N(CCc1ccccc1)C(=O)CCCN1c2cccc3cccc(c23)S1(=O)=O. The van der Waals surface area contributed by atoms with Crippen LogP contribution >= 0.6 is 0 Å². The van der Waals surface area contributed by atoms with Crippen LogP contribution < -0.4 is 9.62 Å². The van der Waals surface area contributed by atoms with Crippen LogP contribution in [0.3, 0.4) is 0 Å². The third-order valence-electron chi connectivity index (χ3n) is 6.63. The zero-order chi connectivity index (χ0) is 25.7. The molecule has 36 heavy (non-hydrogen) atoms. The topological polar surface area (TPSA) is 86.8 Å². The molecule has 1 N–H and O–H groups in total. The monoisotopic (exact) mass is 507 g/mol. The van der Waals surface area contributed by atoms with Crippen molar-refractivity contribution in [3.05, 3.63) is 72.3 Å². The molecule has 1 aliphatic rings. The van der Waals surface area contributed by atoms with Crippen molar-refractivity contribution in [2.24, 2.45) is 0 Å². The molecule has 1 heterocycles. The van der Waals surface area contributed by atoms with Gasteiger partial charge in [0.25, 0.3) is 10.0 Å². The summed E-state index contributed by atoms with van der Waals surface area (Å²) in [6.45, 7) is 4.90. The molecule has 0 aliphatic carbocycles. The Labute approximate surface area is 213 Å². The van der Waals surface area contributed by atoms with Gasteiger partial charge >= 0.3 is 0 Å². The zero-order valence-corrected chi connectivity index (χ0v) is 21.6. The van der Waals surface area contributed by atoms with Gasteiger partial charge in [0.15, 0.2) is 0 Å². The molecule has 3 aromatic carbocycles. The number of hydrogen-bond acceptors (Lipinski definition) is 4. The third-order valence-corrected chi connectivity index (χ3v) is 8.49. The third kappa shape index (κ3) is 5.23. The minimum atomic E-state index is -3.66. The summed E-state index contributed by atoms with van der Waals surface area (Å²) in [5, 5.41) is 4.49. The Morgan fingerprint density at radius 1 is 1.00 bits per heavy atom. The Morgan fingerprint density at radius 3 is 2.44 bits per heavy atom. The summed E-state index contributed by atoms with van der Waals surface area (Å²) in [6.07, 6.45) is 1.96. The smallest absolute Gasteiger partial charge is 0.265 e. The first-order valence-corrected chi connectivity index (χ1v) is 13.9. The molecule has 190 valence electrons. The van der Waals surface area contributed by atoms with Gasteiger partial charge in [0.05, 0.1) is 10.6 Å². The lowest BCUT2D eigenvalue weighted by Crippen LogP contribution is -2.49. The van der Waals surface area contributed by atoms with Gasteiger partial charge in [-0.2, -0.15) is 0 Å². The minimum Gasteiger partial charge on any atom is -0.354 e. The fourth-order valence-corrected chi connectivity index (χ4v) is 6.43. The van der Waals surface area contributed by atoms with Crippen molar-refractivity contribution < 1.29 is 18.0 Å². The van der Waals surface area contributed by atoms with Crippen molar-refractivity contribution in [2.75, 3.05) is 23.9 Å². The van der Waals surface area contributed by atoms with Crippen LogP contribution in [0.15, 0.2) is 71.6 Å². The van der Waals surface area contributed by atoms with Crippen LogP contribution in [0.4, 0.5) is 5.69 Å². The minimum absolute atomic E-state index is 0.151. The van der Waals surface area contributed by atoms with E-state index in [1.165, 1.54) is 4.31 Å². The first kappa shape index (κ1) is 25.7. The highest BCUT2D eigenvalue weighted by Gasteiger charge is 2.35. The van der Waals surface area contributed by atoms with E-state index in [1.807, 2.05) is 61.5 Å². The number of nitrogens with one attached hydrogen (secondary N) is 1. The summed E-state index contributed by atoms with van der Waals surface area (Å²) in [4.78, 5) is 27.9. The molecule has 8 heteroatoms. The van der Waals surface area contributed by atoms with Crippen LogP contribution in [-0.2, 0) is 26.0 Å². The van der Waals surface area contributed by atoms with Crippen molar-refractivity contribution in [2.45, 2.75) is 50.5 Å². The predicted molar refractivity (Wildman–Crippen MR) is 142 cm³/mol. The van der Waals surface area contributed by atoms with Crippen LogP contribution in [0.5, 0.6) is 0 Å². The highest BCUT2D eigenvalue weighted by molar-refractivity contribution is 7.93. The highest BCUT2D eigenvalue weighted by Crippen LogP contribution is 2.42. The lowest BCUT2D eigenvalue weighted by molar-refractivity contribution is -0.139. The van der Waals surface area contributed by atoms with Gasteiger partial charge in [-0.1, -0.05) is 61.5 Å². The Bertz CT molecular complexity index is 1340. The van der Waals surface area contributed by atoms with Crippen molar-refractivity contribution in [1.29, 1.82) is 0 Å².